The van der Waals surface area contributed by atoms with Gasteiger partial charge in [0.2, 0.25) is 10.0 Å². The molecule has 1 amide bonds. The lowest BCUT2D eigenvalue weighted by atomic mass is 9.95. The Hall–Kier alpha value is -0.610. The highest BCUT2D eigenvalue weighted by Crippen LogP contribution is 2.27. The second-order valence-corrected chi connectivity index (χ2v) is 10.2. The average molecular weight is 390 g/mol. The van der Waals surface area contributed by atoms with Crippen LogP contribution in [0.25, 0.3) is 0 Å². The second kappa shape index (κ2) is 7.74. The van der Waals surface area contributed by atoms with Crippen LogP contribution in [0.1, 0.15) is 23.0 Å². The van der Waals surface area contributed by atoms with Crippen molar-refractivity contribution in [2.75, 3.05) is 37.7 Å². The van der Waals surface area contributed by atoms with Gasteiger partial charge in [-0.1, -0.05) is 6.92 Å². The Bertz CT molecular complexity index is 683. The van der Waals surface area contributed by atoms with E-state index in [9.17, 15) is 13.2 Å². The van der Waals surface area contributed by atoms with Crippen LogP contribution in [0.4, 0.5) is 0 Å². The molecule has 0 spiro atoms. The third-order valence-corrected chi connectivity index (χ3v) is 8.45. The summed E-state index contributed by atoms with van der Waals surface area (Å²) in [7, 11) is -3.59. The van der Waals surface area contributed by atoms with Crippen LogP contribution in [0.5, 0.6) is 0 Å². The van der Waals surface area contributed by atoms with Crippen molar-refractivity contribution in [3.8, 4) is 0 Å². The number of thiophene rings is 1. The van der Waals surface area contributed by atoms with Crippen molar-refractivity contribution in [3.63, 3.8) is 0 Å². The number of nitrogens with zero attached hydrogens (tertiary/aromatic N) is 1. The maximum Gasteiger partial charge on any atom is 0.262 e. The van der Waals surface area contributed by atoms with Gasteiger partial charge in [0.1, 0.15) is 9.77 Å². The summed E-state index contributed by atoms with van der Waals surface area (Å²) in [5.74, 6) is 1.67. The maximum absolute atomic E-state index is 12.9. The van der Waals surface area contributed by atoms with Crippen LogP contribution in [-0.2, 0) is 10.0 Å². The van der Waals surface area contributed by atoms with E-state index < -0.39 is 10.0 Å². The zero-order chi connectivity index (χ0) is 17.2. The molecule has 2 atom stereocenters. The molecule has 24 heavy (non-hydrogen) atoms. The first-order chi connectivity index (χ1) is 11.5. The molecule has 3 rings (SSSR count). The van der Waals surface area contributed by atoms with Crippen molar-refractivity contribution in [3.05, 3.63) is 16.3 Å². The Kier molecular flexibility index (Phi) is 5.86. The third kappa shape index (κ3) is 3.80. The van der Waals surface area contributed by atoms with Gasteiger partial charge in [0.15, 0.2) is 0 Å². The number of piperidine rings is 1. The van der Waals surface area contributed by atoms with Gasteiger partial charge >= 0.3 is 0 Å². The molecule has 0 radical (unpaired) electrons. The van der Waals surface area contributed by atoms with Crippen LogP contribution in [0.15, 0.2) is 16.3 Å². The van der Waals surface area contributed by atoms with E-state index in [1.807, 2.05) is 0 Å². The highest BCUT2D eigenvalue weighted by Gasteiger charge is 2.32. The van der Waals surface area contributed by atoms with Crippen LogP contribution >= 0.6 is 23.1 Å². The van der Waals surface area contributed by atoms with Gasteiger partial charge in [0.05, 0.1) is 0 Å². The maximum atomic E-state index is 12.9. The van der Waals surface area contributed by atoms with Crippen molar-refractivity contribution < 1.29 is 13.2 Å². The first-order valence-corrected chi connectivity index (χ1v) is 11.6. The predicted octanol–water partition coefficient (Wildman–Crippen LogP) is 1.21. The summed E-state index contributed by atoms with van der Waals surface area (Å²) in [4.78, 5) is 13.1. The lowest BCUT2D eigenvalue weighted by Crippen LogP contribution is -2.48. The first kappa shape index (κ1) is 18.2. The number of carbonyl (C=O) groups excluding carboxylic acids is 1. The number of hydrogen-bond donors (Lipinski definition) is 2. The SMILES string of the molecule is CC1CNCCC1NC(=O)c1sccc1S(=O)(=O)N1CCSCC1. The first-order valence-electron chi connectivity index (χ1n) is 8.17. The Morgan fingerprint density at radius 2 is 2.12 bits per heavy atom. The van der Waals surface area contributed by atoms with Gasteiger partial charge in [0, 0.05) is 30.6 Å². The molecule has 0 bridgehead atoms. The fourth-order valence-electron chi connectivity index (χ4n) is 3.05. The second-order valence-electron chi connectivity index (χ2n) is 6.18. The Balaban J connectivity index is 1.78. The molecule has 0 aliphatic carbocycles. The highest BCUT2D eigenvalue weighted by atomic mass is 32.2. The van der Waals surface area contributed by atoms with E-state index in [0.717, 1.165) is 31.0 Å². The lowest BCUT2D eigenvalue weighted by molar-refractivity contribution is 0.0915. The Morgan fingerprint density at radius 1 is 1.38 bits per heavy atom. The molecule has 1 aromatic heterocycles. The van der Waals surface area contributed by atoms with Gasteiger partial charge in [-0.3, -0.25) is 4.79 Å². The average Bonchev–Trinajstić information content (AvgIpc) is 3.08. The summed E-state index contributed by atoms with van der Waals surface area (Å²) in [6.07, 6.45) is 0.865. The summed E-state index contributed by atoms with van der Waals surface area (Å²) in [6, 6.07) is 1.64. The minimum absolute atomic E-state index is 0.0859. The largest absolute Gasteiger partial charge is 0.348 e. The van der Waals surface area contributed by atoms with E-state index in [4.69, 9.17) is 0 Å². The molecular weight excluding hydrogens is 366 g/mol. The number of carbonyl (C=O) groups is 1. The molecule has 0 aromatic carbocycles. The van der Waals surface area contributed by atoms with E-state index in [0.29, 0.717) is 23.9 Å². The minimum atomic E-state index is -3.59. The summed E-state index contributed by atoms with van der Waals surface area (Å²) < 4.78 is 27.2. The fraction of sp³-hybridized carbons (Fsp3) is 0.667. The zero-order valence-electron chi connectivity index (χ0n) is 13.7. The standard InChI is InChI=1S/C15H23N3O3S3/c1-11-10-16-4-2-12(11)17-15(19)14-13(3-7-23-14)24(20,21)18-5-8-22-9-6-18/h3,7,11-12,16H,2,4-6,8-10H2,1H3,(H,17,19). The van der Waals surface area contributed by atoms with Crippen molar-refractivity contribution in [1.29, 1.82) is 0 Å². The molecule has 2 aliphatic rings. The molecule has 0 saturated carbocycles. The van der Waals surface area contributed by atoms with Gasteiger partial charge in [0.25, 0.3) is 5.91 Å². The normalized spacial score (nSPS) is 26.2. The molecule has 2 N–H and O–H groups in total. The molecule has 134 valence electrons. The quantitative estimate of drug-likeness (QED) is 0.809. The fourth-order valence-corrected chi connectivity index (χ4v) is 6.93. The molecule has 3 heterocycles. The number of rotatable bonds is 4. The summed E-state index contributed by atoms with van der Waals surface area (Å²) in [5, 5.41) is 8.02. The van der Waals surface area contributed by atoms with E-state index in [-0.39, 0.29) is 16.8 Å². The van der Waals surface area contributed by atoms with Gasteiger partial charge in [-0.25, -0.2) is 8.42 Å². The number of hydrogen-bond acceptors (Lipinski definition) is 6. The van der Waals surface area contributed by atoms with Gasteiger partial charge < -0.3 is 10.6 Å². The van der Waals surface area contributed by atoms with Crippen LogP contribution in [0.3, 0.4) is 0 Å². The van der Waals surface area contributed by atoms with Crippen LogP contribution in [-0.4, -0.2) is 62.4 Å². The summed E-state index contributed by atoms with van der Waals surface area (Å²) >= 11 is 2.96. The van der Waals surface area contributed by atoms with Crippen molar-refractivity contribution in [2.45, 2.75) is 24.3 Å². The van der Waals surface area contributed by atoms with Gasteiger partial charge in [-0.15, -0.1) is 11.3 Å². The number of sulfonamides is 1. The molecule has 2 aliphatic heterocycles. The van der Waals surface area contributed by atoms with Crippen LogP contribution < -0.4 is 10.6 Å². The molecule has 6 nitrogen and oxygen atoms in total. The summed E-state index contributed by atoms with van der Waals surface area (Å²) in [5.41, 5.74) is 0. The Morgan fingerprint density at radius 3 is 2.83 bits per heavy atom. The van der Waals surface area contributed by atoms with E-state index >= 15 is 0 Å². The van der Waals surface area contributed by atoms with Crippen molar-refractivity contribution >= 4 is 39.0 Å². The molecule has 2 saturated heterocycles. The van der Waals surface area contributed by atoms with Crippen LogP contribution in [0.2, 0.25) is 0 Å². The highest BCUT2D eigenvalue weighted by molar-refractivity contribution is 7.99. The predicted molar refractivity (Wildman–Crippen MR) is 98.3 cm³/mol. The van der Waals surface area contributed by atoms with Crippen LogP contribution in [0, 0.1) is 5.92 Å². The number of nitrogens with one attached hydrogen (secondary N) is 2. The van der Waals surface area contributed by atoms with E-state index in [1.54, 1.807) is 23.2 Å². The van der Waals surface area contributed by atoms with Gasteiger partial charge in [-0.05, 0) is 36.9 Å². The number of thioether (sulfide) groups is 1. The minimum Gasteiger partial charge on any atom is -0.348 e. The van der Waals surface area contributed by atoms with Gasteiger partial charge in [-0.2, -0.15) is 16.1 Å². The smallest absolute Gasteiger partial charge is 0.262 e. The topological polar surface area (TPSA) is 78.5 Å². The zero-order valence-corrected chi connectivity index (χ0v) is 16.1. The number of amides is 1. The molecule has 2 fully saturated rings. The van der Waals surface area contributed by atoms with Crippen molar-refractivity contribution in [1.82, 2.24) is 14.9 Å². The van der Waals surface area contributed by atoms with Crippen molar-refractivity contribution in [2.24, 2.45) is 5.92 Å². The Labute approximate surface area is 151 Å². The monoisotopic (exact) mass is 389 g/mol. The molecule has 2 unspecified atom stereocenters. The third-order valence-electron chi connectivity index (χ3n) is 4.53. The van der Waals surface area contributed by atoms with E-state index in [1.165, 1.54) is 15.6 Å². The molecular formula is C15H23N3O3S3. The lowest BCUT2D eigenvalue weighted by Gasteiger charge is -2.30. The molecule has 9 heteroatoms. The molecule has 1 aromatic rings. The summed E-state index contributed by atoms with van der Waals surface area (Å²) in [6.45, 7) is 4.85. The van der Waals surface area contributed by atoms with E-state index in [2.05, 4.69) is 17.6 Å².